The standard InChI is InChI=1S/C16H32N2/c1-3-16(2)8-10-18(11-9-16)13-15-6-4-14(12-17)5-7-15/h14-15H,3-13,17H2,1-2H3. The van der Waals surface area contributed by atoms with Crippen LogP contribution < -0.4 is 5.73 Å². The lowest BCUT2D eigenvalue weighted by atomic mass is 9.77. The van der Waals surface area contributed by atoms with Gasteiger partial charge in [0.15, 0.2) is 0 Å². The zero-order chi connectivity index (χ0) is 13.0. The number of nitrogens with zero attached hydrogens (tertiary/aromatic N) is 1. The maximum atomic E-state index is 5.77. The van der Waals surface area contributed by atoms with Gasteiger partial charge in [0.05, 0.1) is 0 Å². The third-order valence-corrected chi connectivity index (χ3v) is 5.73. The monoisotopic (exact) mass is 252 g/mol. The summed E-state index contributed by atoms with van der Waals surface area (Å²) >= 11 is 0. The summed E-state index contributed by atoms with van der Waals surface area (Å²) in [7, 11) is 0. The highest BCUT2D eigenvalue weighted by Gasteiger charge is 2.30. The van der Waals surface area contributed by atoms with Crippen LogP contribution in [0.1, 0.15) is 58.8 Å². The topological polar surface area (TPSA) is 29.3 Å². The zero-order valence-corrected chi connectivity index (χ0v) is 12.5. The van der Waals surface area contributed by atoms with E-state index in [9.17, 15) is 0 Å². The average molecular weight is 252 g/mol. The molecule has 1 saturated carbocycles. The van der Waals surface area contributed by atoms with Crippen LogP contribution in [0.5, 0.6) is 0 Å². The first-order valence-electron chi connectivity index (χ1n) is 8.07. The first-order chi connectivity index (χ1) is 8.65. The Hall–Kier alpha value is -0.0800. The third-order valence-electron chi connectivity index (χ3n) is 5.73. The van der Waals surface area contributed by atoms with Crippen LogP contribution in [0.3, 0.4) is 0 Å². The van der Waals surface area contributed by atoms with Crippen LogP contribution in [0.2, 0.25) is 0 Å². The average Bonchev–Trinajstić information content (AvgIpc) is 2.42. The largest absolute Gasteiger partial charge is 0.330 e. The molecule has 2 fully saturated rings. The molecule has 0 spiro atoms. The van der Waals surface area contributed by atoms with E-state index in [4.69, 9.17) is 5.73 Å². The molecule has 0 aromatic carbocycles. The molecule has 1 heterocycles. The van der Waals surface area contributed by atoms with Gasteiger partial charge in [0.2, 0.25) is 0 Å². The molecule has 1 aliphatic heterocycles. The van der Waals surface area contributed by atoms with Crippen molar-refractivity contribution in [1.29, 1.82) is 0 Å². The molecule has 0 aromatic rings. The second-order valence-corrected chi connectivity index (χ2v) is 7.09. The van der Waals surface area contributed by atoms with E-state index in [1.165, 1.54) is 64.6 Å². The summed E-state index contributed by atoms with van der Waals surface area (Å²) in [5.74, 6) is 1.78. The van der Waals surface area contributed by atoms with Crippen LogP contribution in [0.15, 0.2) is 0 Å². The van der Waals surface area contributed by atoms with Gasteiger partial charge in [0.25, 0.3) is 0 Å². The van der Waals surface area contributed by atoms with Gasteiger partial charge in [-0.15, -0.1) is 0 Å². The second kappa shape index (κ2) is 6.38. The van der Waals surface area contributed by atoms with Gasteiger partial charge in [-0.25, -0.2) is 0 Å². The Morgan fingerprint density at radius 3 is 2.11 bits per heavy atom. The first-order valence-corrected chi connectivity index (χ1v) is 8.07. The maximum absolute atomic E-state index is 5.77. The number of nitrogens with two attached hydrogens (primary N) is 1. The molecule has 0 unspecified atom stereocenters. The van der Waals surface area contributed by atoms with Crippen molar-refractivity contribution in [3.8, 4) is 0 Å². The molecule has 2 heteroatoms. The van der Waals surface area contributed by atoms with Gasteiger partial charge in [0.1, 0.15) is 0 Å². The lowest BCUT2D eigenvalue weighted by molar-refractivity contribution is 0.0907. The fourth-order valence-corrected chi connectivity index (χ4v) is 3.64. The fraction of sp³-hybridized carbons (Fsp3) is 1.00. The van der Waals surface area contributed by atoms with Gasteiger partial charge in [0, 0.05) is 6.54 Å². The minimum atomic E-state index is 0.633. The summed E-state index contributed by atoms with van der Waals surface area (Å²) in [4.78, 5) is 2.73. The SMILES string of the molecule is CCC1(C)CCN(CC2CCC(CN)CC2)CC1. The molecule has 1 aliphatic carbocycles. The van der Waals surface area contributed by atoms with Crippen molar-refractivity contribution < 1.29 is 0 Å². The Morgan fingerprint density at radius 2 is 1.61 bits per heavy atom. The maximum Gasteiger partial charge on any atom is 0.000967 e. The Labute approximate surface area is 113 Å². The van der Waals surface area contributed by atoms with Crippen molar-refractivity contribution >= 4 is 0 Å². The minimum Gasteiger partial charge on any atom is -0.330 e. The minimum absolute atomic E-state index is 0.633. The summed E-state index contributed by atoms with van der Waals surface area (Å²) in [6.45, 7) is 9.76. The van der Waals surface area contributed by atoms with Crippen molar-refractivity contribution in [3.05, 3.63) is 0 Å². The van der Waals surface area contributed by atoms with Crippen LogP contribution in [-0.2, 0) is 0 Å². The summed E-state index contributed by atoms with van der Waals surface area (Å²) in [6, 6.07) is 0. The molecular formula is C16H32N2. The van der Waals surface area contributed by atoms with Crippen molar-refractivity contribution in [3.63, 3.8) is 0 Å². The second-order valence-electron chi connectivity index (χ2n) is 7.09. The van der Waals surface area contributed by atoms with Crippen molar-refractivity contribution in [2.45, 2.75) is 58.8 Å². The van der Waals surface area contributed by atoms with Gasteiger partial charge in [-0.2, -0.15) is 0 Å². The lowest BCUT2D eigenvalue weighted by Gasteiger charge is -2.41. The van der Waals surface area contributed by atoms with E-state index in [0.717, 1.165) is 18.4 Å². The summed E-state index contributed by atoms with van der Waals surface area (Å²) in [5.41, 5.74) is 6.40. The van der Waals surface area contributed by atoms with Crippen molar-refractivity contribution in [1.82, 2.24) is 4.90 Å². The van der Waals surface area contributed by atoms with Crippen LogP contribution in [0, 0.1) is 17.3 Å². The van der Waals surface area contributed by atoms with E-state index in [1.54, 1.807) is 0 Å². The molecule has 106 valence electrons. The molecule has 0 amide bonds. The first kappa shape index (κ1) is 14.3. The number of piperidine rings is 1. The quantitative estimate of drug-likeness (QED) is 0.832. The van der Waals surface area contributed by atoms with E-state index < -0.39 is 0 Å². The van der Waals surface area contributed by atoms with Crippen LogP contribution in [0.25, 0.3) is 0 Å². The number of rotatable bonds is 4. The molecule has 0 aromatic heterocycles. The molecular weight excluding hydrogens is 220 g/mol. The Balaban J connectivity index is 1.69. The van der Waals surface area contributed by atoms with Gasteiger partial charge in [-0.05, 0) is 75.4 Å². The zero-order valence-electron chi connectivity index (χ0n) is 12.5. The van der Waals surface area contributed by atoms with Gasteiger partial charge < -0.3 is 10.6 Å². The fourth-order valence-electron chi connectivity index (χ4n) is 3.64. The summed E-state index contributed by atoms with van der Waals surface area (Å²) in [6.07, 6.45) is 9.75. The normalized spacial score (nSPS) is 33.5. The van der Waals surface area contributed by atoms with Gasteiger partial charge in [-0.1, -0.05) is 20.3 Å². The Morgan fingerprint density at radius 1 is 1.06 bits per heavy atom. The molecule has 0 bridgehead atoms. The van der Waals surface area contributed by atoms with E-state index in [-0.39, 0.29) is 0 Å². The van der Waals surface area contributed by atoms with Crippen LogP contribution >= 0.6 is 0 Å². The number of hydrogen-bond donors (Lipinski definition) is 1. The molecule has 1 saturated heterocycles. The Bertz CT molecular complexity index is 235. The van der Waals surface area contributed by atoms with Crippen LogP contribution in [0.4, 0.5) is 0 Å². The molecule has 2 nitrogen and oxygen atoms in total. The smallest absolute Gasteiger partial charge is 0.000967 e. The Kier molecular flexibility index (Phi) is 5.08. The highest BCUT2D eigenvalue weighted by molar-refractivity contribution is 4.83. The predicted molar refractivity (Wildman–Crippen MR) is 78.6 cm³/mol. The number of likely N-dealkylation sites (tertiary alicyclic amines) is 1. The molecule has 18 heavy (non-hydrogen) atoms. The molecule has 2 N–H and O–H groups in total. The van der Waals surface area contributed by atoms with Crippen LogP contribution in [-0.4, -0.2) is 31.1 Å². The predicted octanol–water partition coefficient (Wildman–Crippen LogP) is 3.26. The lowest BCUT2D eigenvalue weighted by Crippen LogP contribution is -2.41. The molecule has 2 rings (SSSR count). The number of hydrogen-bond acceptors (Lipinski definition) is 2. The van der Waals surface area contributed by atoms with E-state index >= 15 is 0 Å². The molecule has 0 atom stereocenters. The third kappa shape index (κ3) is 3.71. The van der Waals surface area contributed by atoms with E-state index in [1.807, 2.05) is 0 Å². The molecule has 2 aliphatic rings. The van der Waals surface area contributed by atoms with Gasteiger partial charge in [-0.3, -0.25) is 0 Å². The highest BCUT2D eigenvalue weighted by Crippen LogP contribution is 2.35. The highest BCUT2D eigenvalue weighted by atomic mass is 15.1. The summed E-state index contributed by atoms with van der Waals surface area (Å²) < 4.78 is 0. The van der Waals surface area contributed by atoms with Gasteiger partial charge >= 0.3 is 0 Å². The summed E-state index contributed by atoms with van der Waals surface area (Å²) in [5, 5.41) is 0. The van der Waals surface area contributed by atoms with Crippen molar-refractivity contribution in [2.75, 3.05) is 26.2 Å². The van der Waals surface area contributed by atoms with E-state index in [2.05, 4.69) is 18.7 Å². The molecule has 0 radical (unpaired) electrons. The van der Waals surface area contributed by atoms with Crippen molar-refractivity contribution in [2.24, 2.45) is 23.0 Å². The van der Waals surface area contributed by atoms with E-state index in [0.29, 0.717) is 5.41 Å².